The molecule has 2 unspecified atom stereocenters. The summed E-state index contributed by atoms with van der Waals surface area (Å²) in [6.45, 7) is 6.96. The van der Waals surface area contributed by atoms with Crippen molar-refractivity contribution in [3.8, 4) is 5.75 Å². The van der Waals surface area contributed by atoms with Gasteiger partial charge in [0.2, 0.25) is 0 Å². The van der Waals surface area contributed by atoms with E-state index in [0.717, 1.165) is 24.4 Å². The molecule has 18 heavy (non-hydrogen) atoms. The van der Waals surface area contributed by atoms with Crippen LogP contribution >= 0.6 is 0 Å². The van der Waals surface area contributed by atoms with Crippen LogP contribution in [0.15, 0.2) is 18.2 Å². The van der Waals surface area contributed by atoms with Crippen molar-refractivity contribution in [2.75, 3.05) is 11.9 Å². The van der Waals surface area contributed by atoms with Crippen molar-refractivity contribution in [2.45, 2.75) is 39.3 Å². The third-order valence-corrected chi connectivity index (χ3v) is 3.07. The number of anilines is 1. The summed E-state index contributed by atoms with van der Waals surface area (Å²) >= 11 is 0. The summed E-state index contributed by atoms with van der Waals surface area (Å²) < 4.78 is 5.52. The highest BCUT2D eigenvalue weighted by molar-refractivity contribution is 5.97. The summed E-state index contributed by atoms with van der Waals surface area (Å²) in [7, 11) is 0. The molecule has 1 aliphatic heterocycles. The number of hydrogen-bond donors (Lipinski definition) is 2. The van der Waals surface area contributed by atoms with E-state index in [1.54, 1.807) is 6.92 Å². The first kappa shape index (κ1) is 12.9. The third-order valence-electron chi connectivity index (χ3n) is 3.07. The lowest BCUT2D eigenvalue weighted by Crippen LogP contribution is -2.34. The van der Waals surface area contributed by atoms with Gasteiger partial charge < -0.3 is 15.4 Å². The van der Waals surface area contributed by atoms with Gasteiger partial charge in [-0.1, -0.05) is 13.0 Å². The summed E-state index contributed by atoms with van der Waals surface area (Å²) in [5.74, 6) is 0.668. The van der Waals surface area contributed by atoms with Crippen molar-refractivity contribution in [1.29, 1.82) is 0 Å². The first-order valence-corrected chi connectivity index (χ1v) is 6.44. The number of benzene rings is 1. The van der Waals surface area contributed by atoms with E-state index in [1.807, 2.05) is 12.1 Å². The van der Waals surface area contributed by atoms with Gasteiger partial charge in [-0.3, -0.25) is 4.79 Å². The molecule has 2 rings (SSSR count). The number of fused-ring (bicyclic) bond motifs is 1. The fraction of sp³-hybridized carbons (Fsp3) is 0.500. The molecular weight excluding hydrogens is 228 g/mol. The standard InChI is InChI=1S/C14H20N2O2/c1-4-15-9(2)7-11-5-6-13-12(8-11)16-14(17)10(3)18-13/h5-6,8-10,15H,4,7H2,1-3H3,(H,16,17). The predicted octanol–water partition coefficient (Wildman–Crippen LogP) is 1.95. The number of carbonyl (C=O) groups is 1. The quantitative estimate of drug-likeness (QED) is 0.856. The number of rotatable bonds is 4. The number of nitrogens with one attached hydrogen (secondary N) is 2. The van der Waals surface area contributed by atoms with Crippen LogP contribution in [0.2, 0.25) is 0 Å². The number of hydrogen-bond acceptors (Lipinski definition) is 3. The van der Waals surface area contributed by atoms with Crippen molar-refractivity contribution in [1.82, 2.24) is 5.32 Å². The highest BCUT2D eigenvalue weighted by atomic mass is 16.5. The fourth-order valence-electron chi connectivity index (χ4n) is 2.16. The average Bonchev–Trinajstić information content (AvgIpc) is 2.31. The number of carbonyl (C=O) groups excluding carboxylic acids is 1. The Bertz CT molecular complexity index is 445. The van der Waals surface area contributed by atoms with E-state index in [0.29, 0.717) is 6.04 Å². The lowest BCUT2D eigenvalue weighted by Gasteiger charge is -2.24. The van der Waals surface area contributed by atoms with E-state index in [1.165, 1.54) is 5.56 Å². The molecule has 1 aromatic rings. The van der Waals surface area contributed by atoms with Gasteiger partial charge in [-0.05, 0) is 44.5 Å². The van der Waals surface area contributed by atoms with E-state index in [9.17, 15) is 4.79 Å². The van der Waals surface area contributed by atoms with Crippen molar-refractivity contribution in [3.05, 3.63) is 23.8 Å². The molecule has 0 aliphatic carbocycles. The Kier molecular flexibility index (Phi) is 3.87. The summed E-state index contributed by atoms with van der Waals surface area (Å²) in [6, 6.07) is 6.40. The fourth-order valence-corrected chi connectivity index (χ4v) is 2.16. The number of likely N-dealkylation sites (N-methyl/N-ethyl adjacent to an activating group) is 1. The lowest BCUT2D eigenvalue weighted by molar-refractivity contribution is -0.122. The Labute approximate surface area is 108 Å². The molecule has 0 aromatic heterocycles. The van der Waals surface area contributed by atoms with Gasteiger partial charge in [0.15, 0.2) is 6.10 Å². The van der Waals surface area contributed by atoms with E-state index < -0.39 is 6.10 Å². The molecule has 0 bridgehead atoms. The van der Waals surface area contributed by atoms with Crippen LogP contribution in [0.1, 0.15) is 26.3 Å². The van der Waals surface area contributed by atoms with Crippen molar-refractivity contribution < 1.29 is 9.53 Å². The van der Waals surface area contributed by atoms with E-state index in [-0.39, 0.29) is 5.91 Å². The van der Waals surface area contributed by atoms with Gasteiger partial charge in [0.1, 0.15) is 5.75 Å². The van der Waals surface area contributed by atoms with E-state index in [2.05, 4.69) is 30.5 Å². The molecule has 98 valence electrons. The van der Waals surface area contributed by atoms with Crippen LogP contribution < -0.4 is 15.4 Å². The predicted molar refractivity (Wildman–Crippen MR) is 72.0 cm³/mol. The Balaban J connectivity index is 2.12. The molecule has 4 nitrogen and oxygen atoms in total. The molecule has 0 saturated heterocycles. The number of ether oxygens (including phenoxy) is 1. The molecular formula is C14H20N2O2. The molecule has 0 spiro atoms. The minimum atomic E-state index is -0.413. The highest BCUT2D eigenvalue weighted by Crippen LogP contribution is 2.30. The second-order valence-corrected chi connectivity index (χ2v) is 4.74. The zero-order chi connectivity index (χ0) is 13.1. The Morgan fingerprint density at radius 2 is 2.28 bits per heavy atom. The van der Waals surface area contributed by atoms with Crippen LogP contribution in [0.4, 0.5) is 5.69 Å². The van der Waals surface area contributed by atoms with Gasteiger partial charge in [0, 0.05) is 6.04 Å². The summed E-state index contributed by atoms with van der Waals surface area (Å²) in [5.41, 5.74) is 1.97. The van der Waals surface area contributed by atoms with Crippen LogP contribution in [-0.2, 0) is 11.2 Å². The second-order valence-electron chi connectivity index (χ2n) is 4.74. The maximum absolute atomic E-state index is 11.5. The Hall–Kier alpha value is -1.55. The van der Waals surface area contributed by atoms with Crippen LogP contribution in [0.25, 0.3) is 0 Å². The zero-order valence-corrected chi connectivity index (χ0v) is 11.1. The van der Waals surface area contributed by atoms with Gasteiger partial charge in [-0.15, -0.1) is 0 Å². The minimum absolute atomic E-state index is 0.0839. The molecule has 1 aromatic carbocycles. The molecule has 1 heterocycles. The molecule has 1 aliphatic rings. The molecule has 2 N–H and O–H groups in total. The summed E-state index contributed by atoms with van der Waals surface area (Å²) in [4.78, 5) is 11.5. The molecule has 0 radical (unpaired) electrons. The Morgan fingerprint density at radius 1 is 1.50 bits per heavy atom. The largest absolute Gasteiger partial charge is 0.479 e. The normalized spacial score (nSPS) is 19.7. The van der Waals surface area contributed by atoms with E-state index >= 15 is 0 Å². The van der Waals surface area contributed by atoms with Crippen LogP contribution in [0.3, 0.4) is 0 Å². The van der Waals surface area contributed by atoms with Crippen molar-refractivity contribution in [3.63, 3.8) is 0 Å². The van der Waals surface area contributed by atoms with Crippen LogP contribution in [0.5, 0.6) is 5.75 Å². The third kappa shape index (κ3) is 2.82. The van der Waals surface area contributed by atoms with Crippen LogP contribution in [-0.4, -0.2) is 24.6 Å². The number of amides is 1. The van der Waals surface area contributed by atoms with Crippen molar-refractivity contribution >= 4 is 11.6 Å². The lowest BCUT2D eigenvalue weighted by atomic mass is 10.1. The smallest absolute Gasteiger partial charge is 0.265 e. The molecule has 4 heteroatoms. The highest BCUT2D eigenvalue weighted by Gasteiger charge is 2.23. The minimum Gasteiger partial charge on any atom is -0.479 e. The molecule has 2 atom stereocenters. The molecule has 1 amide bonds. The molecule has 0 saturated carbocycles. The summed E-state index contributed by atoms with van der Waals surface area (Å²) in [5, 5.41) is 6.24. The maximum atomic E-state index is 11.5. The van der Waals surface area contributed by atoms with E-state index in [4.69, 9.17) is 4.74 Å². The monoisotopic (exact) mass is 248 g/mol. The first-order chi connectivity index (χ1) is 8.60. The van der Waals surface area contributed by atoms with Gasteiger partial charge in [0.05, 0.1) is 5.69 Å². The Morgan fingerprint density at radius 3 is 3.00 bits per heavy atom. The SMILES string of the molecule is CCNC(C)Cc1ccc2c(c1)NC(=O)C(C)O2. The topological polar surface area (TPSA) is 50.4 Å². The average molecular weight is 248 g/mol. The van der Waals surface area contributed by atoms with Crippen LogP contribution in [0, 0.1) is 0 Å². The van der Waals surface area contributed by atoms with Crippen molar-refractivity contribution in [2.24, 2.45) is 0 Å². The van der Waals surface area contributed by atoms with Gasteiger partial charge in [-0.2, -0.15) is 0 Å². The zero-order valence-electron chi connectivity index (χ0n) is 11.1. The second kappa shape index (κ2) is 5.40. The maximum Gasteiger partial charge on any atom is 0.265 e. The van der Waals surface area contributed by atoms with Gasteiger partial charge >= 0.3 is 0 Å². The van der Waals surface area contributed by atoms with Gasteiger partial charge in [-0.25, -0.2) is 0 Å². The van der Waals surface area contributed by atoms with Gasteiger partial charge in [0.25, 0.3) is 5.91 Å². The summed E-state index contributed by atoms with van der Waals surface area (Å²) in [6.07, 6.45) is 0.524. The molecule has 0 fully saturated rings. The first-order valence-electron chi connectivity index (χ1n) is 6.44.